The molecule has 9 heavy (non-hydrogen) atoms. The lowest BCUT2D eigenvalue weighted by molar-refractivity contribution is -0.385. The van der Waals surface area contributed by atoms with Gasteiger partial charge >= 0.3 is 5.69 Å². The van der Waals surface area contributed by atoms with Crippen molar-refractivity contribution in [2.45, 2.75) is 6.92 Å². The summed E-state index contributed by atoms with van der Waals surface area (Å²) in [6, 6.07) is 0. The quantitative estimate of drug-likeness (QED) is 0.424. The van der Waals surface area contributed by atoms with Gasteiger partial charge in [-0.1, -0.05) is 0 Å². The molecular weight excluding hydrogens is 122 g/mol. The first-order chi connectivity index (χ1) is 4.22. The molecule has 1 aromatic rings. The largest absolute Gasteiger partial charge is 0.465 e. The van der Waals surface area contributed by atoms with E-state index in [0.29, 0.717) is 5.56 Å². The van der Waals surface area contributed by atoms with E-state index in [2.05, 4.69) is 4.42 Å². The molecule has 0 aromatic carbocycles. The minimum Gasteiger partial charge on any atom is -0.465 e. The van der Waals surface area contributed by atoms with Crippen LogP contribution in [0.1, 0.15) is 5.56 Å². The second kappa shape index (κ2) is 1.89. The molecule has 1 aromatic heterocycles. The van der Waals surface area contributed by atoms with E-state index in [4.69, 9.17) is 0 Å². The minimum absolute atomic E-state index is 0.0370. The Balaban J connectivity index is 3.08. The van der Waals surface area contributed by atoms with Crippen molar-refractivity contribution >= 4 is 5.69 Å². The zero-order chi connectivity index (χ0) is 6.85. The zero-order valence-corrected chi connectivity index (χ0v) is 4.83. The van der Waals surface area contributed by atoms with E-state index in [1.54, 1.807) is 6.92 Å². The smallest absolute Gasteiger partial charge is 0.310 e. The summed E-state index contributed by atoms with van der Waals surface area (Å²) in [5.41, 5.74) is 0.593. The topological polar surface area (TPSA) is 56.3 Å². The van der Waals surface area contributed by atoms with E-state index in [1.807, 2.05) is 0 Å². The number of furan rings is 1. The van der Waals surface area contributed by atoms with Crippen molar-refractivity contribution in [3.05, 3.63) is 28.2 Å². The Morgan fingerprint density at radius 2 is 2.33 bits per heavy atom. The third-order valence-electron chi connectivity index (χ3n) is 1.03. The summed E-state index contributed by atoms with van der Waals surface area (Å²) < 4.78 is 4.56. The van der Waals surface area contributed by atoms with Crippen molar-refractivity contribution < 1.29 is 9.34 Å². The third kappa shape index (κ3) is 0.910. The molecule has 0 amide bonds. The molecule has 4 heteroatoms. The summed E-state index contributed by atoms with van der Waals surface area (Å²) in [5, 5.41) is 10.0. The SMILES string of the molecule is Cc1cocc1[N+](=O)[O-]. The molecule has 0 spiro atoms. The third-order valence-corrected chi connectivity index (χ3v) is 1.03. The van der Waals surface area contributed by atoms with E-state index in [1.165, 1.54) is 6.26 Å². The predicted octanol–water partition coefficient (Wildman–Crippen LogP) is 1.50. The standard InChI is InChI=1S/C5H5NO3/c1-4-2-9-3-5(4)6(7)8/h2-3H,1H3. The lowest BCUT2D eigenvalue weighted by Gasteiger charge is -1.81. The van der Waals surface area contributed by atoms with Gasteiger partial charge in [0.05, 0.1) is 10.5 Å². The Morgan fingerprint density at radius 1 is 1.67 bits per heavy atom. The van der Waals surface area contributed by atoms with E-state index in [9.17, 15) is 10.1 Å². The van der Waals surface area contributed by atoms with Gasteiger partial charge in [-0.25, -0.2) is 0 Å². The molecule has 48 valence electrons. The van der Waals surface area contributed by atoms with Gasteiger partial charge in [-0.3, -0.25) is 10.1 Å². The summed E-state index contributed by atoms with van der Waals surface area (Å²) in [7, 11) is 0. The van der Waals surface area contributed by atoms with Gasteiger partial charge in [0, 0.05) is 0 Å². The molecule has 0 fully saturated rings. The lowest BCUT2D eigenvalue weighted by atomic mass is 10.3. The first-order valence-corrected chi connectivity index (χ1v) is 2.39. The highest BCUT2D eigenvalue weighted by Gasteiger charge is 2.10. The summed E-state index contributed by atoms with van der Waals surface area (Å²) in [5.74, 6) is 0. The van der Waals surface area contributed by atoms with Crippen LogP contribution in [0.4, 0.5) is 5.69 Å². The molecule has 0 N–H and O–H groups in total. The fourth-order valence-electron chi connectivity index (χ4n) is 0.541. The normalized spacial score (nSPS) is 9.44. The summed E-state index contributed by atoms with van der Waals surface area (Å²) in [6.07, 6.45) is 2.47. The molecular formula is C5H5NO3. The number of hydrogen-bond donors (Lipinski definition) is 0. The van der Waals surface area contributed by atoms with E-state index >= 15 is 0 Å². The molecule has 0 unspecified atom stereocenters. The van der Waals surface area contributed by atoms with Gasteiger partial charge in [0.25, 0.3) is 0 Å². The van der Waals surface area contributed by atoms with E-state index in [-0.39, 0.29) is 5.69 Å². The van der Waals surface area contributed by atoms with Gasteiger partial charge in [0.1, 0.15) is 6.26 Å². The average Bonchev–Trinajstić information content (AvgIpc) is 2.13. The van der Waals surface area contributed by atoms with Crippen LogP contribution in [0.3, 0.4) is 0 Å². The van der Waals surface area contributed by atoms with Crippen molar-refractivity contribution in [3.63, 3.8) is 0 Å². The van der Waals surface area contributed by atoms with Crippen molar-refractivity contribution in [1.29, 1.82) is 0 Å². The second-order valence-electron chi connectivity index (χ2n) is 1.70. The van der Waals surface area contributed by atoms with Gasteiger partial charge in [-0.15, -0.1) is 0 Å². The highest BCUT2D eigenvalue weighted by Crippen LogP contribution is 2.16. The van der Waals surface area contributed by atoms with E-state index < -0.39 is 4.92 Å². The van der Waals surface area contributed by atoms with Gasteiger partial charge in [0.15, 0.2) is 6.26 Å². The molecule has 0 aliphatic rings. The molecule has 0 bridgehead atoms. The zero-order valence-electron chi connectivity index (χ0n) is 4.83. The Kier molecular flexibility index (Phi) is 1.22. The Hall–Kier alpha value is -1.32. The monoisotopic (exact) mass is 127 g/mol. The van der Waals surface area contributed by atoms with E-state index in [0.717, 1.165) is 6.26 Å². The fraction of sp³-hybridized carbons (Fsp3) is 0.200. The number of aryl methyl sites for hydroxylation is 1. The summed E-state index contributed by atoms with van der Waals surface area (Å²) in [4.78, 5) is 9.56. The van der Waals surface area contributed by atoms with Crippen LogP contribution in [-0.4, -0.2) is 4.92 Å². The van der Waals surface area contributed by atoms with Gasteiger partial charge in [-0.05, 0) is 6.92 Å². The van der Waals surface area contributed by atoms with Crippen molar-refractivity contribution in [2.24, 2.45) is 0 Å². The van der Waals surface area contributed by atoms with Gasteiger partial charge in [0.2, 0.25) is 0 Å². The maximum absolute atomic E-state index is 10.0. The molecule has 0 saturated carbocycles. The van der Waals surface area contributed by atoms with Crippen LogP contribution in [0.25, 0.3) is 0 Å². The van der Waals surface area contributed by atoms with Gasteiger partial charge < -0.3 is 4.42 Å². The molecule has 4 nitrogen and oxygen atoms in total. The van der Waals surface area contributed by atoms with Crippen molar-refractivity contribution in [2.75, 3.05) is 0 Å². The maximum atomic E-state index is 10.0. The van der Waals surface area contributed by atoms with Gasteiger partial charge in [-0.2, -0.15) is 0 Å². The van der Waals surface area contributed by atoms with Crippen LogP contribution < -0.4 is 0 Å². The van der Waals surface area contributed by atoms with Crippen molar-refractivity contribution in [1.82, 2.24) is 0 Å². The number of nitrogens with zero attached hydrogens (tertiary/aromatic N) is 1. The second-order valence-corrected chi connectivity index (χ2v) is 1.70. The van der Waals surface area contributed by atoms with Crippen LogP contribution in [0, 0.1) is 17.0 Å². The number of hydrogen-bond acceptors (Lipinski definition) is 3. The highest BCUT2D eigenvalue weighted by molar-refractivity contribution is 5.33. The molecule has 0 aliphatic heterocycles. The predicted molar refractivity (Wildman–Crippen MR) is 30.1 cm³/mol. The average molecular weight is 127 g/mol. The van der Waals surface area contributed by atoms with Crippen LogP contribution in [0.2, 0.25) is 0 Å². The molecule has 0 saturated heterocycles. The number of nitro groups is 1. The molecule has 1 rings (SSSR count). The highest BCUT2D eigenvalue weighted by atomic mass is 16.6. The van der Waals surface area contributed by atoms with Crippen LogP contribution in [0.5, 0.6) is 0 Å². The molecule has 0 aliphatic carbocycles. The van der Waals surface area contributed by atoms with Crippen LogP contribution in [-0.2, 0) is 0 Å². The number of rotatable bonds is 1. The summed E-state index contributed by atoms with van der Waals surface area (Å²) >= 11 is 0. The lowest BCUT2D eigenvalue weighted by Crippen LogP contribution is -1.85. The Labute approximate surface area is 51.2 Å². The molecule has 1 heterocycles. The first kappa shape index (κ1) is 5.81. The molecule has 0 radical (unpaired) electrons. The van der Waals surface area contributed by atoms with Crippen molar-refractivity contribution in [3.8, 4) is 0 Å². The summed E-state index contributed by atoms with van der Waals surface area (Å²) in [6.45, 7) is 1.63. The fourth-order valence-corrected chi connectivity index (χ4v) is 0.541. The molecule has 0 atom stereocenters. The van der Waals surface area contributed by atoms with Crippen LogP contribution in [0.15, 0.2) is 16.9 Å². The van der Waals surface area contributed by atoms with Crippen LogP contribution >= 0.6 is 0 Å². The Morgan fingerprint density at radius 3 is 2.56 bits per heavy atom. The first-order valence-electron chi connectivity index (χ1n) is 2.39. The maximum Gasteiger partial charge on any atom is 0.310 e. The Bertz CT molecular complexity index is 228. The minimum atomic E-state index is -0.473.